The number of nitrogens with one attached hydrogen (secondary N) is 1. The van der Waals surface area contributed by atoms with Crippen LogP contribution in [0.2, 0.25) is 0 Å². The number of carbonyl (C=O) groups is 1. The van der Waals surface area contributed by atoms with Crippen molar-refractivity contribution in [2.24, 2.45) is 5.11 Å². The van der Waals surface area contributed by atoms with Crippen molar-refractivity contribution in [3.8, 4) is 0 Å². The van der Waals surface area contributed by atoms with E-state index in [-0.39, 0.29) is 11.8 Å². The van der Waals surface area contributed by atoms with Crippen molar-refractivity contribution >= 4 is 5.78 Å². The van der Waals surface area contributed by atoms with Crippen molar-refractivity contribution in [2.45, 2.75) is 38.6 Å². The zero-order chi connectivity index (χ0) is 10.8. The molecule has 0 bridgehead atoms. The van der Waals surface area contributed by atoms with Gasteiger partial charge in [-0.05, 0) is 25.4 Å². The molecule has 0 radical (unpaired) electrons. The van der Waals surface area contributed by atoms with Crippen LogP contribution in [0.5, 0.6) is 0 Å². The first-order valence-corrected chi connectivity index (χ1v) is 4.97. The number of unbranched alkanes of at least 4 members (excludes halogenated alkanes) is 1. The van der Waals surface area contributed by atoms with Crippen LogP contribution >= 0.6 is 0 Å². The highest BCUT2D eigenvalue weighted by atomic mass is 16.1. The van der Waals surface area contributed by atoms with Crippen LogP contribution in [-0.4, -0.2) is 25.4 Å². The minimum atomic E-state index is -0.0361. The van der Waals surface area contributed by atoms with E-state index in [1.807, 2.05) is 6.92 Å². The number of rotatable bonds is 8. The molecular formula is C9H18N4O. The summed E-state index contributed by atoms with van der Waals surface area (Å²) < 4.78 is 0. The van der Waals surface area contributed by atoms with E-state index < -0.39 is 0 Å². The average molecular weight is 198 g/mol. The second-order valence-corrected chi connectivity index (χ2v) is 3.11. The van der Waals surface area contributed by atoms with Gasteiger partial charge in [-0.1, -0.05) is 18.5 Å². The summed E-state index contributed by atoms with van der Waals surface area (Å²) in [5, 5.41) is 6.43. The fourth-order valence-electron chi connectivity index (χ4n) is 1.29. The number of carbonyl (C=O) groups excluding carboxylic acids is 1. The van der Waals surface area contributed by atoms with Crippen LogP contribution in [0, 0.1) is 0 Å². The highest BCUT2D eigenvalue weighted by molar-refractivity contribution is 5.83. The molecule has 5 heteroatoms. The van der Waals surface area contributed by atoms with Crippen LogP contribution in [0.15, 0.2) is 5.11 Å². The maximum atomic E-state index is 11.3. The van der Waals surface area contributed by atoms with Gasteiger partial charge in [0, 0.05) is 17.9 Å². The molecule has 5 nitrogen and oxygen atoms in total. The Hall–Kier alpha value is -1.06. The third kappa shape index (κ3) is 5.56. The monoisotopic (exact) mass is 198 g/mol. The first-order valence-electron chi connectivity index (χ1n) is 4.97. The SMILES string of the molecule is CCC(=O)[C@H](CCCCN=[N+]=[N-])NC. The number of likely N-dealkylation sites (N-methyl/N-ethyl adjacent to an activating group) is 1. The van der Waals surface area contributed by atoms with Crippen molar-refractivity contribution in [1.29, 1.82) is 0 Å². The second kappa shape index (κ2) is 8.53. The smallest absolute Gasteiger partial charge is 0.149 e. The molecule has 0 amide bonds. The van der Waals surface area contributed by atoms with Gasteiger partial charge in [-0.3, -0.25) is 4.79 Å². The molecule has 0 heterocycles. The molecule has 0 aliphatic rings. The summed E-state index contributed by atoms with van der Waals surface area (Å²) in [6, 6.07) is -0.0361. The quantitative estimate of drug-likeness (QED) is 0.280. The Labute approximate surface area is 84.5 Å². The molecule has 0 spiro atoms. The molecule has 1 atom stereocenters. The lowest BCUT2D eigenvalue weighted by molar-refractivity contribution is -0.120. The van der Waals surface area contributed by atoms with Crippen LogP contribution in [0.1, 0.15) is 32.6 Å². The van der Waals surface area contributed by atoms with Gasteiger partial charge in [0.1, 0.15) is 5.78 Å². The summed E-state index contributed by atoms with van der Waals surface area (Å²) in [7, 11) is 1.80. The van der Waals surface area contributed by atoms with E-state index in [0.717, 1.165) is 19.3 Å². The maximum absolute atomic E-state index is 11.3. The molecule has 0 fully saturated rings. The number of ketones is 1. The van der Waals surface area contributed by atoms with E-state index in [0.29, 0.717) is 13.0 Å². The summed E-state index contributed by atoms with van der Waals surface area (Å²) in [5.41, 5.74) is 8.04. The molecule has 0 aromatic rings. The van der Waals surface area contributed by atoms with Gasteiger partial charge >= 0.3 is 0 Å². The molecule has 0 rings (SSSR count). The van der Waals surface area contributed by atoms with Gasteiger partial charge in [-0.15, -0.1) is 0 Å². The number of nitrogens with zero attached hydrogens (tertiary/aromatic N) is 3. The third-order valence-corrected chi connectivity index (χ3v) is 2.15. The van der Waals surface area contributed by atoms with Gasteiger partial charge in [0.25, 0.3) is 0 Å². The Morgan fingerprint density at radius 3 is 2.79 bits per heavy atom. The first kappa shape index (κ1) is 12.9. The Kier molecular flexibility index (Phi) is 7.89. The Morgan fingerprint density at radius 1 is 1.57 bits per heavy atom. The maximum Gasteiger partial charge on any atom is 0.149 e. The summed E-state index contributed by atoms with van der Waals surface area (Å²) in [6.07, 6.45) is 3.15. The van der Waals surface area contributed by atoms with Crippen molar-refractivity contribution in [1.82, 2.24) is 5.32 Å². The van der Waals surface area contributed by atoms with Gasteiger partial charge in [-0.25, -0.2) is 0 Å². The third-order valence-electron chi connectivity index (χ3n) is 2.15. The lowest BCUT2D eigenvalue weighted by Gasteiger charge is -2.12. The van der Waals surface area contributed by atoms with Crippen molar-refractivity contribution in [3.63, 3.8) is 0 Å². The van der Waals surface area contributed by atoms with E-state index in [4.69, 9.17) is 5.53 Å². The normalized spacial score (nSPS) is 11.9. The summed E-state index contributed by atoms with van der Waals surface area (Å²) in [6.45, 7) is 2.39. The van der Waals surface area contributed by atoms with Crippen LogP contribution in [0.3, 0.4) is 0 Å². The number of hydrogen-bond acceptors (Lipinski definition) is 3. The molecule has 0 aromatic heterocycles. The predicted octanol–water partition coefficient (Wildman–Crippen LogP) is 2.03. The Bertz CT molecular complexity index is 211. The van der Waals surface area contributed by atoms with Gasteiger partial charge < -0.3 is 5.32 Å². The zero-order valence-electron chi connectivity index (χ0n) is 8.86. The van der Waals surface area contributed by atoms with Crippen molar-refractivity contribution in [2.75, 3.05) is 13.6 Å². The highest BCUT2D eigenvalue weighted by Gasteiger charge is 2.12. The minimum absolute atomic E-state index is 0.0361. The lowest BCUT2D eigenvalue weighted by Crippen LogP contribution is -2.33. The average Bonchev–Trinajstić information content (AvgIpc) is 2.22. The van der Waals surface area contributed by atoms with Crippen LogP contribution in [0.25, 0.3) is 10.4 Å². The molecule has 0 aliphatic heterocycles. The molecule has 80 valence electrons. The predicted molar refractivity (Wildman–Crippen MR) is 56.0 cm³/mol. The molecular weight excluding hydrogens is 180 g/mol. The van der Waals surface area contributed by atoms with Crippen LogP contribution < -0.4 is 5.32 Å². The fourth-order valence-corrected chi connectivity index (χ4v) is 1.29. The van der Waals surface area contributed by atoms with Gasteiger partial charge in [-0.2, -0.15) is 0 Å². The van der Waals surface area contributed by atoms with E-state index >= 15 is 0 Å². The van der Waals surface area contributed by atoms with Crippen molar-refractivity contribution < 1.29 is 4.79 Å². The van der Waals surface area contributed by atoms with E-state index in [1.165, 1.54) is 0 Å². The largest absolute Gasteiger partial charge is 0.311 e. The van der Waals surface area contributed by atoms with Gasteiger partial charge in [0.05, 0.1) is 6.04 Å². The first-order chi connectivity index (χ1) is 6.76. The topological polar surface area (TPSA) is 77.9 Å². The van der Waals surface area contributed by atoms with E-state index in [2.05, 4.69) is 15.3 Å². The zero-order valence-corrected chi connectivity index (χ0v) is 8.86. The van der Waals surface area contributed by atoms with Gasteiger partial charge in [0.15, 0.2) is 0 Å². The van der Waals surface area contributed by atoms with E-state index in [1.54, 1.807) is 7.05 Å². The fraction of sp³-hybridized carbons (Fsp3) is 0.889. The molecule has 0 saturated heterocycles. The van der Waals surface area contributed by atoms with Crippen molar-refractivity contribution in [3.05, 3.63) is 10.4 Å². The summed E-state index contributed by atoms with van der Waals surface area (Å²) >= 11 is 0. The molecule has 0 aliphatic carbocycles. The molecule has 0 saturated carbocycles. The Morgan fingerprint density at radius 2 is 2.29 bits per heavy atom. The lowest BCUT2D eigenvalue weighted by atomic mass is 10.0. The minimum Gasteiger partial charge on any atom is -0.311 e. The highest BCUT2D eigenvalue weighted by Crippen LogP contribution is 2.03. The molecule has 14 heavy (non-hydrogen) atoms. The molecule has 0 unspecified atom stereocenters. The molecule has 0 aromatic carbocycles. The summed E-state index contributed by atoms with van der Waals surface area (Å²) in [5.74, 6) is 0.247. The van der Waals surface area contributed by atoms with E-state index in [9.17, 15) is 4.79 Å². The number of Topliss-reactive ketones (excluding diaryl/α,β-unsaturated/α-hetero) is 1. The van der Waals surface area contributed by atoms with Crippen LogP contribution in [-0.2, 0) is 4.79 Å². The standard InChI is InChI=1S/C9H18N4O/c1-3-9(14)8(11-2)6-4-5-7-12-13-10/h8,11H,3-7H2,1-2H3/t8-/m0/s1. The molecule has 1 N–H and O–H groups in total. The second-order valence-electron chi connectivity index (χ2n) is 3.11. The number of hydrogen-bond donors (Lipinski definition) is 1. The number of azide groups is 1. The van der Waals surface area contributed by atoms with Crippen LogP contribution in [0.4, 0.5) is 0 Å². The van der Waals surface area contributed by atoms with Gasteiger partial charge in [0.2, 0.25) is 0 Å². The Balaban J connectivity index is 3.62. The summed E-state index contributed by atoms with van der Waals surface area (Å²) in [4.78, 5) is 14.0.